The van der Waals surface area contributed by atoms with Gasteiger partial charge in [-0.25, -0.2) is 0 Å². The predicted octanol–water partition coefficient (Wildman–Crippen LogP) is 2.42. The van der Waals surface area contributed by atoms with Gasteiger partial charge in [0.2, 0.25) is 0 Å². The van der Waals surface area contributed by atoms with E-state index in [1.807, 2.05) is 0 Å². The highest BCUT2D eigenvalue weighted by atomic mass is 127. The molecule has 1 radical (unpaired) electrons. The van der Waals surface area contributed by atoms with Crippen molar-refractivity contribution in [2.45, 2.75) is 24.2 Å². The fraction of sp³-hybridized carbons (Fsp3) is 0.800. The van der Waals surface area contributed by atoms with Gasteiger partial charge in [-0.3, -0.25) is 0 Å². The topological polar surface area (TPSA) is 0 Å². The maximum atomic E-state index is 2.41. The molecule has 6 heavy (non-hydrogen) atoms. The molecule has 0 aliphatic carbocycles. The van der Waals surface area contributed by atoms with E-state index in [9.17, 15) is 0 Å². The molecule has 0 saturated heterocycles. The van der Waals surface area contributed by atoms with Crippen molar-refractivity contribution in [3.8, 4) is 0 Å². The minimum absolute atomic E-state index is 0.780. The van der Waals surface area contributed by atoms with Gasteiger partial charge in [0.15, 0.2) is 0 Å². The molecule has 0 heterocycles. The maximum absolute atomic E-state index is 2.41. The SMILES string of the molecule is C[CH]C(I)CC. The first-order valence-electron chi connectivity index (χ1n) is 2.24. The van der Waals surface area contributed by atoms with Gasteiger partial charge in [-0.1, -0.05) is 36.4 Å². The monoisotopic (exact) mass is 197 g/mol. The molecule has 1 atom stereocenters. The summed E-state index contributed by atoms with van der Waals surface area (Å²) < 4.78 is 0.780. The van der Waals surface area contributed by atoms with E-state index in [0.29, 0.717) is 0 Å². The first-order chi connectivity index (χ1) is 2.81. The molecule has 0 N–H and O–H groups in total. The van der Waals surface area contributed by atoms with Gasteiger partial charge in [0, 0.05) is 3.92 Å². The predicted molar refractivity (Wildman–Crippen MR) is 38.1 cm³/mol. The summed E-state index contributed by atoms with van der Waals surface area (Å²) in [6, 6.07) is 0. The second-order valence-corrected chi connectivity index (χ2v) is 2.86. The molecule has 0 rings (SSSR count). The van der Waals surface area contributed by atoms with Crippen LogP contribution in [0.2, 0.25) is 0 Å². The largest absolute Gasteiger partial charge is 0.0823 e. The molecule has 0 amide bonds. The van der Waals surface area contributed by atoms with Crippen LogP contribution in [-0.4, -0.2) is 3.92 Å². The van der Waals surface area contributed by atoms with Crippen LogP contribution < -0.4 is 0 Å². The zero-order valence-electron chi connectivity index (χ0n) is 4.24. The molecular weight excluding hydrogens is 187 g/mol. The first kappa shape index (κ1) is 6.73. The summed E-state index contributed by atoms with van der Waals surface area (Å²) in [6.07, 6.45) is 3.47. The van der Waals surface area contributed by atoms with E-state index in [2.05, 4.69) is 42.9 Å². The highest BCUT2D eigenvalue weighted by Gasteiger charge is 1.91. The molecule has 1 unspecified atom stereocenters. The average Bonchev–Trinajstić information content (AvgIpc) is 1.65. The van der Waals surface area contributed by atoms with Crippen molar-refractivity contribution in [3.05, 3.63) is 6.42 Å². The van der Waals surface area contributed by atoms with Gasteiger partial charge in [-0.2, -0.15) is 0 Å². The summed E-state index contributed by atoms with van der Waals surface area (Å²) in [6.45, 7) is 4.29. The minimum atomic E-state index is 0.780. The van der Waals surface area contributed by atoms with Crippen LogP contribution in [0, 0.1) is 6.42 Å². The highest BCUT2D eigenvalue weighted by Crippen LogP contribution is 2.06. The van der Waals surface area contributed by atoms with Crippen LogP contribution in [0.5, 0.6) is 0 Å². The zero-order chi connectivity index (χ0) is 4.99. The normalized spacial score (nSPS) is 10.0. The van der Waals surface area contributed by atoms with Gasteiger partial charge < -0.3 is 0 Å². The Bertz CT molecular complexity index is 23.1. The molecule has 0 bridgehead atoms. The molecule has 0 aromatic heterocycles. The number of halogens is 1. The van der Waals surface area contributed by atoms with Gasteiger partial charge in [-0.05, 0) is 12.8 Å². The smallest absolute Gasteiger partial charge is 0.0135 e. The summed E-state index contributed by atoms with van der Waals surface area (Å²) in [7, 11) is 0. The highest BCUT2D eigenvalue weighted by molar-refractivity contribution is 14.1. The van der Waals surface area contributed by atoms with E-state index >= 15 is 0 Å². The Kier molecular flexibility index (Phi) is 4.38. The Morgan fingerprint density at radius 2 is 2.33 bits per heavy atom. The summed E-state index contributed by atoms with van der Waals surface area (Å²) in [5, 5.41) is 0. The Morgan fingerprint density at radius 1 is 1.83 bits per heavy atom. The van der Waals surface area contributed by atoms with Gasteiger partial charge in [0.05, 0.1) is 0 Å². The Labute approximate surface area is 53.5 Å². The molecule has 0 spiro atoms. The van der Waals surface area contributed by atoms with Crippen molar-refractivity contribution in [1.29, 1.82) is 0 Å². The Hall–Kier alpha value is 0.730. The van der Waals surface area contributed by atoms with Crippen molar-refractivity contribution in [3.63, 3.8) is 0 Å². The lowest BCUT2D eigenvalue weighted by Crippen LogP contribution is -1.89. The number of alkyl halides is 1. The third-order valence-corrected chi connectivity index (χ3v) is 2.35. The van der Waals surface area contributed by atoms with E-state index < -0.39 is 0 Å². The number of hydrogen-bond donors (Lipinski definition) is 0. The van der Waals surface area contributed by atoms with Crippen molar-refractivity contribution in [2.24, 2.45) is 0 Å². The lowest BCUT2D eigenvalue weighted by molar-refractivity contribution is 0.950. The molecule has 37 valence electrons. The van der Waals surface area contributed by atoms with Crippen LogP contribution in [0.25, 0.3) is 0 Å². The van der Waals surface area contributed by atoms with E-state index in [4.69, 9.17) is 0 Å². The maximum Gasteiger partial charge on any atom is 0.0135 e. The molecular formula is C5H10I. The van der Waals surface area contributed by atoms with E-state index in [0.717, 1.165) is 3.92 Å². The lowest BCUT2D eigenvalue weighted by atomic mass is 10.3. The summed E-state index contributed by atoms with van der Waals surface area (Å²) >= 11 is 2.41. The second-order valence-electron chi connectivity index (χ2n) is 1.26. The molecule has 0 fully saturated rings. The number of hydrogen-bond acceptors (Lipinski definition) is 0. The van der Waals surface area contributed by atoms with Crippen LogP contribution in [-0.2, 0) is 0 Å². The molecule has 0 aromatic carbocycles. The molecule has 0 saturated carbocycles. The van der Waals surface area contributed by atoms with Crippen molar-refractivity contribution < 1.29 is 0 Å². The Morgan fingerprint density at radius 3 is 2.33 bits per heavy atom. The minimum Gasteiger partial charge on any atom is -0.0823 e. The van der Waals surface area contributed by atoms with Crippen LogP contribution in [0.15, 0.2) is 0 Å². The van der Waals surface area contributed by atoms with Gasteiger partial charge in [0.1, 0.15) is 0 Å². The van der Waals surface area contributed by atoms with E-state index in [1.165, 1.54) is 6.42 Å². The lowest BCUT2D eigenvalue weighted by Gasteiger charge is -1.96. The quantitative estimate of drug-likeness (QED) is 0.471. The van der Waals surface area contributed by atoms with Crippen molar-refractivity contribution >= 4 is 22.6 Å². The second kappa shape index (κ2) is 3.90. The van der Waals surface area contributed by atoms with Crippen molar-refractivity contribution in [2.75, 3.05) is 0 Å². The third kappa shape index (κ3) is 2.94. The zero-order valence-corrected chi connectivity index (χ0v) is 6.40. The van der Waals surface area contributed by atoms with Crippen LogP contribution in [0.3, 0.4) is 0 Å². The average molecular weight is 197 g/mol. The molecule has 1 heteroatoms. The first-order valence-corrected chi connectivity index (χ1v) is 3.49. The third-order valence-electron chi connectivity index (χ3n) is 0.752. The standard InChI is InChI=1S/C5H10I/c1-3-5(6)4-2/h3,5H,4H2,1-2H3. The molecule has 0 aliphatic rings. The Balaban J connectivity index is 2.75. The molecule has 0 aliphatic heterocycles. The molecule has 0 nitrogen and oxygen atoms in total. The van der Waals surface area contributed by atoms with Crippen LogP contribution in [0.1, 0.15) is 20.3 Å². The fourth-order valence-corrected chi connectivity index (χ4v) is 0.236. The summed E-state index contributed by atoms with van der Waals surface area (Å²) in [5.41, 5.74) is 0. The van der Waals surface area contributed by atoms with E-state index in [-0.39, 0.29) is 0 Å². The van der Waals surface area contributed by atoms with Gasteiger partial charge >= 0.3 is 0 Å². The number of rotatable bonds is 2. The molecule has 0 aromatic rings. The van der Waals surface area contributed by atoms with Crippen molar-refractivity contribution in [1.82, 2.24) is 0 Å². The van der Waals surface area contributed by atoms with Crippen LogP contribution >= 0.6 is 22.6 Å². The van der Waals surface area contributed by atoms with Crippen LogP contribution in [0.4, 0.5) is 0 Å². The summed E-state index contributed by atoms with van der Waals surface area (Å²) in [4.78, 5) is 0. The van der Waals surface area contributed by atoms with E-state index in [1.54, 1.807) is 0 Å². The van der Waals surface area contributed by atoms with Gasteiger partial charge in [-0.15, -0.1) is 0 Å². The fourth-order valence-electron chi connectivity index (χ4n) is 0.236. The van der Waals surface area contributed by atoms with Gasteiger partial charge in [0.25, 0.3) is 0 Å². The summed E-state index contributed by atoms with van der Waals surface area (Å²) in [5.74, 6) is 0.